The Hall–Kier alpha value is -1.62. The van der Waals surface area contributed by atoms with Gasteiger partial charge in [-0.15, -0.1) is 0 Å². The molecule has 0 spiro atoms. The molecule has 0 amide bonds. The molecule has 0 bridgehead atoms. The molecule has 5 nitrogen and oxygen atoms in total. The molecule has 0 unspecified atom stereocenters. The van der Waals surface area contributed by atoms with Crippen molar-refractivity contribution in [2.75, 3.05) is 19.0 Å². The minimum Gasteiger partial charge on any atom is -0.384 e. The first-order valence-corrected chi connectivity index (χ1v) is 6.85. The lowest BCUT2D eigenvalue weighted by Crippen LogP contribution is -2.28. The summed E-state index contributed by atoms with van der Waals surface area (Å²) in [4.78, 5) is 4.46. The van der Waals surface area contributed by atoms with Crippen LogP contribution < -0.4 is 5.32 Å². The first-order valence-electron chi connectivity index (χ1n) is 6.85. The number of fused-ring (bicyclic) bond motifs is 1. The third-order valence-corrected chi connectivity index (χ3v) is 3.86. The van der Waals surface area contributed by atoms with E-state index in [0.29, 0.717) is 12.0 Å². The minimum atomic E-state index is 0.467. The van der Waals surface area contributed by atoms with Crippen molar-refractivity contribution in [2.45, 2.75) is 32.2 Å². The predicted molar refractivity (Wildman–Crippen MR) is 74.4 cm³/mol. The van der Waals surface area contributed by atoms with Crippen LogP contribution in [0.1, 0.15) is 25.0 Å². The SMILES string of the molecule is COC[C@@H]1CCC[C@@H]1Nc1cc(C)nc2ccnn12. The number of anilines is 1. The van der Waals surface area contributed by atoms with Gasteiger partial charge in [-0.2, -0.15) is 9.61 Å². The highest BCUT2D eigenvalue weighted by Crippen LogP contribution is 2.28. The molecule has 2 aromatic rings. The summed E-state index contributed by atoms with van der Waals surface area (Å²) >= 11 is 0. The number of aromatic nitrogens is 3. The lowest BCUT2D eigenvalue weighted by Gasteiger charge is -2.21. The Morgan fingerprint density at radius 2 is 2.37 bits per heavy atom. The molecule has 2 heterocycles. The molecule has 0 radical (unpaired) electrons. The van der Waals surface area contributed by atoms with Crippen molar-refractivity contribution in [2.24, 2.45) is 5.92 Å². The maximum atomic E-state index is 5.32. The third-order valence-electron chi connectivity index (χ3n) is 3.86. The maximum Gasteiger partial charge on any atom is 0.157 e. The Balaban J connectivity index is 1.86. The Morgan fingerprint density at radius 3 is 3.21 bits per heavy atom. The number of rotatable bonds is 4. The van der Waals surface area contributed by atoms with Crippen LogP contribution in [0.4, 0.5) is 5.82 Å². The molecule has 2 aromatic heterocycles. The van der Waals surface area contributed by atoms with Gasteiger partial charge >= 0.3 is 0 Å². The van der Waals surface area contributed by atoms with Crippen LogP contribution in [0.15, 0.2) is 18.3 Å². The topological polar surface area (TPSA) is 51.5 Å². The van der Waals surface area contributed by atoms with Gasteiger partial charge < -0.3 is 10.1 Å². The van der Waals surface area contributed by atoms with Gasteiger partial charge in [0.05, 0.1) is 12.8 Å². The van der Waals surface area contributed by atoms with Crippen molar-refractivity contribution in [1.82, 2.24) is 14.6 Å². The van der Waals surface area contributed by atoms with E-state index in [-0.39, 0.29) is 0 Å². The zero-order valence-electron chi connectivity index (χ0n) is 11.5. The van der Waals surface area contributed by atoms with Crippen LogP contribution >= 0.6 is 0 Å². The van der Waals surface area contributed by atoms with E-state index in [2.05, 4.69) is 21.5 Å². The summed E-state index contributed by atoms with van der Waals surface area (Å²) in [6.45, 7) is 2.84. The van der Waals surface area contributed by atoms with Gasteiger partial charge in [0.1, 0.15) is 5.82 Å². The fourth-order valence-corrected chi connectivity index (χ4v) is 2.97. The number of nitrogens with zero attached hydrogens (tertiary/aromatic N) is 3. The van der Waals surface area contributed by atoms with E-state index >= 15 is 0 Å². The molecule has 1 aliphatic rings. The molecule has 1 aliphatic carbocycles. The van der Waals surface area contributed by atoms with E-state index in [9.17, 15) is 0 Å². The van der Waals surface area contributed by atoms with Crippen molar-refractivity contribution >= 4 is 11.5 Å². The second kappa shape index (κ2) is 5.17. The molecule has 102 valence electrons. The number of hydrogen-bond acceptors (Lipinski definition) is 4. The average Bonchev–Trinajstić information content (AvgIpc) is 2.99. The van der Waals surface area contributed by atoms with Gasteiger partial charge in [-0.25, -0.2) is 4.98 Å². The molecule has 1 fully saturated rings. The monoisotopic (exact) mass is 260 g/mol. The van der Waals surface area contributed by atoms with Crippen molar-refractivity contribution in [1.29, 1.82) is 0 Å². The highest BCUT2D eigenvalue weighted by molar-refractivity contribution is 5.49. The number of methoxy groups -OCH3 is 1. The van der Waals surface area contributed by atoms with E-state index < -0.39 is 0 Å². The van der Waals surface area contributed by atoms with Crippen LogP contribution in [-0.2, 0) is 4.74 Å². The third kappa shape index (κ3) is 2.42. The summed E-state index contributed by atoms with van der Waals surface area (Å²) in [5.74, 6) is 1.62. The number of ether oxygens (including phenoxy) is 1. The molecule has 1 saturated carbocycles. The average molecular weight is 260 g/mol. The van der Waals surface area contributed by atoms with Crippen molar-refractivity contribution in [3.05, 3.63) is 24.0 Å². The minimum absolute atomic E-state index is 0.467. The molecular weight excluding hydrogens is 240 g/mol. The van der Waals surface area contributed by atoms with Gasteiger partial charge in [-0.1, -0.05) is 6.42 Å². The highest BCUT2D eigenvalue weighted by atomic mass is 16.5. The van der Waals surface area contributed by atoms with Crippen LogP contribution in [0.5, 0.6) is 0 Å². The summed E-state index contributed by atoms with van der Waals surface area (Å²) in [7, 11) is 1.78. The van der Waals surface area contributed by atoms with Gasteiger partial charge in [-0.3, -0.25) is 0 Å². The Bertz CT molecular complexity index is 566. The second-order valence-corrected chi connectivity index (χ2v) is 5.28. The van der Waals surface area contributed by atoms with Crippen LogP contribution in [0.25, 0.3) is 5.65 Å². The number of aryl methyl sites for hydroxylation is 1. The molecule has 0 saturated heterocycles. The van der Waals surface area contributed by atoms with Crippen molar-refractivity contribution < 1.29 is 4.74 Å². The first-order chi connectivity index (χ1) is 9.28. The quantitative estimate of drug-likeness (QED) is 0.916. The van der Waals surface area contributed by atoms with Crippen molar-refractivity contribution in [3.63, 3.8) is 0 Å². The Labute approximate surface area is 113 Å². The second-order valence-electron chi connectivity index (χ2n) is 5.28. The lowest BCUT2D eigenvalue weighted by molar-refractivity contribution is 0.150. The summed E-state index contributed by atoms with van der Waals surface area (Å²) in [5, 5.41) is 7.96. The molecule has 5 heteroatoms. The Kier molecular flexibility index (Phi) is 3.38. The van der Waals surface area contributed by atoms with Gasteiger partial charge in [0.25, 0.3) is 0 Å². The number of nitrogens with one attached hydrogen (secondary N) is 1. The molecule has 2 atom stereocenters. The van der Waals surface area contributed by atoms with Crippen molar-refractivity contribution in [3.8, 4) is 0 Å². The summed E-state index contributed by atoms with van der Waals surface area (Å²) in [6, 6.07) is 4.45. The largest absolute Gasteiger partial charge is 0.384 e. The van der Waals surface area contributed by atoms with E-state index in [1.807, 2.05) is 17.5 Å². The van der Waals surface area contributed by atoms with E-state index in [1.165, 1.54) is 19.3 Å². The standard InChI is InChI=1S/C14H20N4O/c1-10-8-14(18-13(16-10)6-7-15-18)17-12-5-3-4-11(12)9-19-2/h6-8,11-12,17H,3-5,9H2,1-2H3/t11-,12-/m0/s1. The van der Waals surface area contributed by atoms with E-state index in [0.717, 1.165) is 23.8 Å². The van der Waals surface area contributed by atoms with E-state index in [4.69, 9.17) is 4.74 Å². The molecule has 3 rings (SSSR count). The normalized spacial score (nSPS) is 23.1. The van der Waals surface area contributed by atoms with Gasteiger partial charge in [0.15, 0.2) is 5.65 Å². The van der Waals surface area contributed by atoms with E-state index in [1.54, 1.807) is 13.3 Å². The lowest BCUT2D eigenvalue weighted by atomic mass is 10.1. The predicted octanol–water partition coefficient (Wildman–Crippen LogP) is 2.26. The van der Waals surface area contributed by atoms with Crippen LogP contribution in [0.2, 0.25) is 0 Å². The first kappa shape index (κ1) is 12.4. The summed E-state index contributed by atoms with van der Waals surface area (Å²) in [6.07, 6.45) is 5.47. The highest BCUT2D eigenvalue weighted by Gasteiger charge is 2.27. The molecule has 1 N–H and O–H groups in total. The molecule has 0 aliphatic heterocycles. The van der Waals surface area contributed by atoms with Gasteiger partial charge in [0.2, 0.25) is 0 Å². The van der Waals surface area contributed by atoms with Crippen LogP contribution in [0.3, 0.4) is 0 Å². The smallest absolute Gasteiger partial charge is 0.157 e. The Morgan fingerprint density at radius 1 is 1.47 bits per heavy atom. The summed E-state index contributed by atoms with van der Waals surface area (Å²) in [5.41, 5.74) is 1.90. The zero-order chi connectivity index (χ0) is 13.2. The zero-order valence-corrected chi connectivity index (χ0v) is 11.5. The van der Waals surface area contributed by atoms with Crippen LogP contribution in [-0.4, -0.2) is 34.4 Å². The maximum absolute atomic E-state index is 5.32. The van der Waals surface area contributed by atoms with Gasteiger partial charge in [-0.05, 0) is 19.8 Å². The fraction of sp³-hybridized carbons (Fsp3) is 0.571. The van der Waals surface area contributed by atoms with Crippen LogP contribution in [0, 0.1) is 12.8 Å². The number of hydrogen-bond donors (Lipinski definition) is 1. The molecular formula is C14H20N4O. The molecule has 19 heavy (non-hydrogen) atoms. The fourth-order valence-electron chi connectivity index (χ4n) is 2.97. The van der Waals surface area contributed by atoms with Gasteiger partial charge in [0, 0.05) is 36.9 Å². The molecule has 0 aromatic carbocycles. The summed E-state index contributed by atoms with van der Waals surface area (Å²) < 4.78 is 7.19.